The number of aliphatic hydroxyl groups is 1. The van der Waals surface area contributed by atoms with Crippen molar-refractivity contribution in [3.8, 4) is 11.1 Å². The summed E-state index contributed by atoms with van der Waals surface area (Å²) < 4.78 is 8.74. The normalized spacial score (nSPS) is 12.6. The highest BCUT2D eigenvalue weighted by molar-refractivity contribution is 7.26. The third kappa shape index (κ3) is 3.37. The fourth-order valence-corrected chi connectivity index (χ4v) is 4.61. The first kappa shape index (κ1) is 19.2. The quantitative estimate of drug-likeness (QED) is 0.473. The second kappa shape index (κ2) is 7.04. The summed E-state index contributed by atoms with van der Waals surface area (Å²) in [5.41, 5.74) is 2.10. The summed E-state index contributed by atoms with van der Waals surface area (Å²) in [6.07, 6.45) is 0. The highest BCUT2D eigenvalue weighted by Gasteiger charge is 2.35. The maximum absolute atomic E-state index is 10.4. The lowest BCUT2D eigenvalue weighted by molar-refractivity contribution is -0.0893. The molecule has 0 saturated carbocycles. The first-order valence-electron chi connectivity index (χ1n) is 9.63. The van der Waals surface area contributed by atoms with Crippen LogP contribution in [0.5, 0.6) is 0 Å². The first-order chi connectivity index (χ1) is 13.3. The van der Waals surface area contributed by atoms with Crippen LogP contribution in [0.25, 0.3) is 31.3 Å². The van der Waals surface area contributed by atoms with E-state index in [4.69, 9.17) is 4.65 Å². The van der Waals surface area contributed by atoms with Crippen LogP contribution in [-0.4, -0.2) is 23.8 Å². The monoisotopic (exact) mass is 388 g/mol. The molecule has 0 fully saturated rings. The van der Waals surface area contributed by atoms with Crippen molar-refractivity contribution in [2.75, 3.05) is 0 Å². The van der Waals surface area contributed by atoms with Crippen molar-refractivity contribution < 1.29 is 9.76 Å². The average Bonchev–Trinajstić information content (AvgIpc) is 3.05. The van der Waals surface area contributed by atoms with Gasteiger partial charge in [0.1, 0.15) is 0 Å². The summed E-state index contributed by atoms with van der Waals surface area (Å²) >= 11 is 1.83. The maximum atomic E-state index is 10.4. The molecular formula is C24H25BO2S. The van der Waals surface area contributed by atoms with Gasteiger partial charge in [0, 0.05) is 14.8 Å². The number of benzene rings is 3. The Morgan fingerprint density at radius 2 is 1.57 bits per heavy atom. The Hall–Kier alpha value is -2.14. The van der Waals surface area contributed by atoms with Crippen molar-refractivity contribution in [1.82, 2.24) is 0 Å². The molecule has 28 heavy (non-hydrogen) atoms. The van der Waals surface area contributed by atoms with Crippen LogP contribution >= 0.6 is 11.3 Å². The number of hydrogen-bond acceptors (Lipinski definition) is 3. The number of fused-ring (bicyclic) bond motifs is 3. The van der Waals surface area contributed by atoms with Gasteiger partial charge in [-0.3, -0.25) is 0 Å². The minimum Gasteiger partial charge on any atom is -0.427 e. The number of hydrogen-bond donors (Lipinski definition) is 1. The van der Waals surface area contributed by atoms with E-state index in [-0.39, 0.29) is 0 Å². The second-order valence-corrected chi connectivity index (χ2v) is 9.35. The Morgan fingerprint density at radius 3 is 2.29 bits per heavy atom. The molecule has 0 saturated heterocycles. The number of thiophene rings is 1. The first-order valence-corrected chi connectivity index (χ1v) is 10.4. The molecule has 0 bridgehead atoms. The smallest absolute Gasteiger partial charge is 0.310 e. The van der Waals surface area contributed by atoms with Gasteiger partial charge < -0.3 is 9.76 Å². The van der Waals surface area contributed by atoms with E-state index < -0.39 is 11.2 Å². The molecular weight excluding hydrogens is 363 g/mol. The molecule has 1 N–H and O–H groups in total. The zero-order chi connectivity index (χ0) is 19.9. The molecule has 4 heteroatoms. The van der Waals surface area contributed by atoms with Crippen LogP contribution in [0.2, 0.25) is 0 Å². The Labute approximate surface area is 171 Å². The molecule has 0 atom stereocenters. The van der Waals surface area contributed by atoms with Gasteiger partial charge in [-0.15, -0.1) is 11.3 Å². The van der Waals surface area contributed by atoms with Gasteiger partial charge in [-0.25, -0.2) is 0 Å². The summed E-state index contributed by atoms with van der Waals surface area (Å²) in [5.74, 6) is 0. The second-order valence-electron chi connectivity index (χ2n) is 8.30. The average molecular weight is 388 g/mol. The minimum atomic E-state index is -0.919. The molecule has 142 valence electrons. The number of rotatable bonds is 5. The molecule has 0 spiro atoms. The molecule has 2 nitrogen and oxygen atoms in total. The molecule has 4 rings (SSSR count). The van der Waals surface area contributed by atoms with E-state index in [2.05, 4.69) is 66.7 Å². The Bertz CT molecular complexity index is 1120. The van der Waals surface area contributed by atoms with Crippen LogP contribution in [-0.2, 0) is 4.65 Å². The Kier molecular flexibility index (Phi) is 4.82. The van der Waals surface area contributed by atoms with Crippen molar-refractivity contribution in [3.05, 3.63) is 66.7 Å². The molecule has 3 aromatic carbocycles. The van der Waals surface area contributed by atoms with Crippen LogP contribution in [0.4, 0.5) is 0 Å². The molecule has 1 heterocycles. The topological polar surface area (TPSA) is 29.5 Å². The summed E-state index contributed by atoms with van der Waals surface area (Å²) in [5, 5.41) is 12.9. The maximum Gasteiger partial charge on any atom is 0.310 e. The van der Waals surface area contributed by atoms with Crippen LogP contribution in [0, 0.1) is 0 Å². The zero-order valence-corrected chi connectivity index (χ0v) is 17.6. The van der Waals surface area contributed by atoms with Crippen LogP contribution in [0.15, 0.2) is 66.7 Å². The largest absolute Gasteiger partial charge is 0.427 e. The third-order valence-corrected chi connectivity index (χ3v) is 6.96. The summed E-state index contributed by atoms with van der Waals surface area (Å²) in [4.78, 5) is 0. The minimum absolute atomic E-state index is 0.468. The van der Waals surface area contributed by atoms with E-state index in [0.717, 1.165) is 5.46 Å². The van der Waals surface area contributed by atoms with Crippen LogP contribution < -0.4 is 5.46 Å². The van der Waals surface area contributed by atoms with E-state index in [9.17, 15) is 5.11 Å². The fraction of sp³-hybridized carbons (Fsp3) is 0.250. The van der Waals surface area contributed by atoms with Crippen molar-refractivity contribution in [3.63, 3.8) is 0 Å². The molecule has 0 aliphatic heterocycles. The van der Waals surface area contributed by atoms with Gasteiger partial charge in [0.2, 0.25) is 0 Å². The SMILES string of the molecule is CC(C)(O)C(C)(C)OBc1cccc2sc3c(-c4ccccc4)cccc3c12. The third-order valence-electron chi connectivity index (χ3n) is 5.76. The molecule has 0 radical (unpaired) electrons. The van der Waals surface area contributed by atoms with Crippen molar-refractivity contribution >= 4 is 44.5 Å². The van der Waals surface area contributed by atoms with Gasteiger partial charge in [0.25, 0.3) is 0 Å². The van der Waals surface area contributed by atoms with Crippen LogP contribution in [0.1, 0.15) is 27.7 Å². The van der Waals surface area contributed by atoms with E-state index in [0.29, 0.717) is 7.48 Å². The Morgan fingerprint density at radius 1 is 0.857 bits per heavy atom. The van der Waals surface area contributed by atoms with Gasteiger partial charge in [-0.05, 0) is 55.7 Å². The van der Waals surface area contributed by atoms with E-state index in [1.165, 1.54) is 31.3 Å². The lowest BCUT2D eigenvalue weighted by Gasteiger charge is -2.37. The van der Waals surface area contributed by atoms with Gasteiger partial charge >= 0.3 is 7.48 Å². The lowest BCUT2D eigenvalue weighted by atomic mass is 9.80. The molecule has 0 aliphatic carbocycles. The standard InChI is InChI=1S/C24H25BO2S/c1-23(2,26)24(3,4)27-25-19-14-9-15-20-21(19)18-13-8-12-17(22(18)28-20)16-10-6-5-7-11-16/h5-15,25-26H,1-4H3. The molecule has 0 unspecified atom stereocenters. The Balaban J connectivity index is 1.82. The summed E-state index contributed by atoms with van der Waals surface area (Å²) in [6.45, 7) is 7.46. The highest BCUT2D eigenvalue weighted by Crippen LogP contribution is 2.39. The molecule has 0 aliphatic rings. The summed E-state index contributed by atoms with van der Waals surface area (Å²) in [6, 6.07) is 23.5. The molecule has 1 aromatic heterocycles. The molecule has 4 aromatic rings. The van der Waals surface area contributed by atoms with E-state index >= 15 is 0 Å². The van der Waals surface area contributed by atoms with E-state index in [1.807, 2.05) is 25.2 Å². The van der Waals surface area contributed by atoms with Gasteiger partial charge in [-0.2, -0.15) is 0 Å². The predicted molar refractivity (Wildman–Crippen MR) is 123 cm³/mol. The zero-order valence-electron chi connectivity index (χ0n) is 16.8. The predicted octanol–water partition coefficient (Wildman–Crippen LogP) is 5.26. The van der Waals surface area contributed by atoms with Crippen molar-refractivity contribution in [2.45, 2.75) is 38.9 Å². The molecule has 0 amide bonds. The van der Waals surface area contributed by atoms with Gasteiger partial charge in [-0.1, -0.05) is 60.7 Å². The van der Waals surface area contributed by atoms with Gasteiger partial charge in [0.15, 0.2) is 0 Å². The highest BCUT2D eigenvalue weighted by atomic mass is 32.1. The van der Waals surface area contributed by atoms with E-state index in [1.54, 1.807) is 13.8 Å². The summed E-state index contributed by atoms with van der Waals surface area (Å²) in [7, 11) is 0.468. The fourth-order valence-electron chi connectivity index (χ4n) is 3.32. The van der Waals surface area contributed by atoms with Crippen molar-refractivity contribution in [2.24, 2.45) is 0 Å². The van der Waals surface area contributed by atoms with Gasteiger partial charge in [0.05, 0.1) is 11.2 Å². The van der Waals surface area contributed by atoms with Crippen LogP contribution in [0.3, 0.4) is 0 Å². The lowest BCUT2D eigenvalue weighted by Crippen LogP contribution is -2.49. The van der Waals surface area contributed by atoms with Crippen molar-refractivity contribution in [1.29, 1.82) is 0 Å².